The lowest BCUT2D eigenvalue weighted by molar-refractivity contribution is -0.121. The Bertz CT molecular complexity index is 762. The third-order valence-corrected chi connectivity index (χ3v) is 3.68. The number of halogens is 1. The number of imidazole rings is 1. The van der Waals surface area contributed by atoms with Crippen LogP contribution in [0.15, 0.2) is 48.5 Å². The average Bonchev–Trinajstić information content (AvgIpc) is 2.98. The Kier molecular flexibility index (Phi) is 4.66. The summed E-state index contributed by atoms with van der Waals surface area (Å²) in [5, 5.41) is 2.88. The number of aromatic amines is 1. The van der Waals surface area contributed by atoms with Crippen molar-refractivity contribution in [2.45, 2.75) is 19.3 Å². The quantitative estimate of drug-likeness (QED) is 0.735. The summed E-state index contributed by atoms with van der Waals surface area (Å²) in [4.78, 5) is 19.5. The standard InChI is InChI=1S/C18H18FN3O/c19-14-7-5-13(6-8-14)11-12-20-18(23)10-9-17-21-15-3-1-2-4-16(15)22-17/h1-8H,9-12H2,(H,20,23)(H,21,22). The first-order valence-electron chi connectivity index (χ1n) is 7.65. The zero-order chi connectivity index (χ0) is 16.1. The monoisotopic (exact) mass is 311 g/mol. The molecule has 4 nitrogen and oxygen atoms in total. The molecule has 0 atom stereocenters. The lowest BCUT2D eigenvalue weighted by Gasteiger charge is -2.04. The summed E-state index contributed by atoms with van der Waals surface area (Å²) in [6.07, 6.45) is 1.66. The molecule has 3 rings (SSSR count). The summed E-state index contributed by atoms with van der Waals surface area (Å²) in [7, 11) is 0. The Hall–Kier alpha value is -2.69. The molecule has 118 valence electrons. The van der Waals surface area contributed by atoms with Gasteiger partial charge in [0.1, 0.15) is 11.6 Å². The van der Waals surface area contributed by atoms with E-state index in [-0.39, 0.29) is 11.7 Å². The molecule has 5 heteroatoms. The number of aryl methyl sites for hydroxylation is 1. The van der Waals surface area contributed by atoms with E-state index >= 15 is 0 Å². The fraction of sp³-hybridized carbons (Fsp3) is 0.222. The molecule has 1 aromatic heterocycles. The van der Waals surface area contributed by atoms with Crippen molar-refractivity contribution in [1.82, 2.24) is 15.3 Å². The summed E-state index contributed by atoms with van der Waals surface area (Å²) < 4.78 is 12.8. The molecule has 0 spiro atoms. The van der Waals surface area contributed by atoms with Crippen molar-refractivity contribution in [1.29, 1.82) is 0 Å². The highest BCUT2D eigenvalue weighted by molar-refractivity contribution is 5.77. The Labute approximate surface area is 133 Å². The zero-order valence-corrected chi connectivity index (χ0v) is 12.7. The Morgan fingerprint density at radius 3 is 2.65 bits per heavy atom. The van der Waals surface area contributed by atoms with Gasteiger partial charge in [0.15, 0.2) is 0 Å². The van der Waals surface area contributed by atoms with Gasteiger partial charge in [-0.15, -0.1) is 0 Å². The minimum absolute atomic E-state index is 0.00688. The van der Waals surface area contributed by atoms with E-state index in [1.807, 2.05) is 24.3 Å². The first kappa shape index (κ1) is 15.2. The average molecular weight is 311 g/mol. The second-order valence-electron chi connectivity index (χ2n) is 5.43. The number of fused-ring (bicyclic) bond motifs is 1. The minimum Gasteiger partial charge on any atom is -0.356 e. The predicted molar refractivity (Wildman–Crippen MR) is 87.5 cm³/mol. The predicted octanol–water partition coefficient (Wildman–Crippen LogP) is 2.99. The van der Waals surface area contributed by atoms with Crippen LogP contribution < -0.4 is 5.32 Å². The van der Waals surface area contributed by atoms with Gasteiger partial charge in [-0.05, 0) is 36.2 Å². The van der Waals surface area contributed by atoms with E-state index < -0.39 is 0 Å². The molecule has 0 saturated carbocycles. The molecule has 0 aliphatic rings. The summed E-state index contributed by atoms with van der Waals surface area (Å²) in [5.41, 5.74) is 2.91. The van der Waals surface area contributed by atoms with Crippen LogP contribution in [0.4, 0.5) is 4.39 Å². The van der Waals surface area contributed by atoms with Gasteiger partial charge in [-0.1, -0.05) is 24.3 Å². The van der Waals surface area contributed by atoms with Crippen LogP contribution in [0.25, 0.3) is 11.0 Å². The molecule has 0 bridgehead atoms. The van der Waals surface area contributed by atoms with Gasteiger partial charge in [0.25, 0.3) is 0 Å². The molecule has 0 aliphatic carbocycles. The van der Waals surface area contributed by atoms with Gasteiger partial charge in [0, 0.05) is 19.4 Å². The van der Waals surface area contributed by atoms with Crippen LogP contribution in [0, 0.1) is 5.82 Å². The third kappa shape index (κ3) is 4.16. The van der Waals surface area contributed by atoms with Gasteiger partial charge in [-0.2, -0.15) is 0 Å². The van der Waals surface area contributed by atoms with E-state index in [0.29, 0.717) is 25.8 Å². The number of para-hydroxylation sites is 2. The van der Waals surface area contributed by atoms with Crippen molar-refractivity contribution in [3.05, 3.63) is 65.7 Å². The van der Waals surface area contributed by atoms with Crippen LogP contribution in [0.2, 0.25) is 0 Å². The molecule has 0 aliphatic heterocycles. The van der Waals surface area contributed by atoms with Crippen molar-refractivity contribution < 1.29 is 9.18 Å². The number of hydrogen-bond acceptors (Lipinski definition) is 2. The maximum absolute atomic E-state index is 12.8. The van der Waals surface area contributed by atoms with Gasteiger partial charge in [-0.25, -0.2) is 9.37 Å². The number of hydrogen-bond donors (Lipinski definition) is 2. The molecular weight excluding hydrogens is 293 g/mol. The van der Waals surface area contributed by atoms with Gasteiger partial charge in [-0.3, -0.25) is 4.79 Å². The number of H-pyrrole nitrogens is 1. The van der Waals surface area contributed by atoms with Gasteiger partial charge in [0.05, 0.1) is 11.0 Å². The number of rotatable bonds is 6. The Morgan fingerprint density at radius 1 is 1.09 bits per heavy atom. The second kappa shape index (κ2) is 7.05. The van der Waals surface area contributed by atoms with Crippen LogP contribution in [0.1, 0.15) is 17.8 Å². The largest absolute Gasteiger partial charge is 0.356 e. The SMILES string of the molecule is O=C(CCc1nc2ccccc2[nH]1)NCCc1ccc(F)cc1. The van der Waals surface area contributed by atoms with Crippen LogP contribution in [0.3, 0.4) is 0 Å². The van der Waals surface area contributed by atoms with Crippen molar-refractivity contribution >= 4 is 16.9 Å². The highest BCUT2D eigenvalue weighted by Gasteiger charge is 2.06. The van der Waals surface area contributed by atoms with Crippen LogP contribution >= 0.6 is 0 Å². The maximum atomic E-state index is 12.8. The van der Waals surface area contributed by atoms with Gasteiger partial charge >= 0.3 is 0 Å². The second-order valence-corrected chi connectivity index (χ2v) is 5.43. The lowest BCUT2D eigenvalue weighted by Crippen LogP contribution is -2.26. The summed E-state index contributed by atoms with van der Waals surface area (Å²) in [5.74, 6) is 0.566. The molecule has 2 N–H and O–H groups in total. The molecule has 0 saturated heterocycles. The van der Waals surface area contributed by atoms with Crippen LogP contribution in [-0.2, 0) is 17.6 Å². The number of carbonyl (C=O) groups excluding carboxylic acids is 1. The van der Waals surface area contributed by atoms with Crippen molar-refractivity contribution in [3.63, 3.8) is 0 Å². The van der Waals surface area contributed by atoms with E-state index in [0.717, 1.165) is 22.4 Å². The van der Waals surface area contributed by atoms with Crippen LogP contribution in [0.5, 0.6) is 0 Å². The number of nitrogens with one attached hydrogen (secondary N) is 2. The van der Waals surface area contributed by atoms with Crippen molar-refractivity contribution in [2.24, 2.45) is 0 Å². The van der Waals surface area contributed by atoms with E-state index in [9.17, 15) is 9.18 Å². The van der Waals surface area contributed by atoms with Crippen molar-refractivity contribution in [3.8, 4) is 0 Å². The van der Waals surface area contributed by atoms with E-state index in [4.69, 9.17) is 0 Å². The topological polar surface area (TPSA) is 57.8 Å². The third-order valence-electron chi connectivity index (χ3n) is 3.68. The first-order chi connectivity index (χ1) is 11.2. The fourth-order valence-corrected chi connectivity index (χ4v) is 2.44. The normalized spacial score (nSPS) is 10.8. The smallest absolute Gasteiger partial charge is 0.220 e. The molecule has 0 unspecified atom stereocenters. The summed E-state index contributed by atoms with van der Waals surface area (Å²) in [6, 6.07) is 14.1. The van der Waals surface area contributed by atoms with E-state index in [2.05, 4.69) is 15.3 Å². The zero-order valence-electron chi connectivity index (χ0n) is 12.7. The molecule has 2 aromatic carbocycles. The maximum Gasteiger partial charge on any atom is 0.220 e. The highest BCUT2D eigenvalue weighted by atomic mass is 19.1. The molecule has 23 heavy (non-hydrogen) atoms. The minimum atomic E-state index is -0.247. The molecular formula is C18H18FN3O. The first-order valence-corrected chi connectivity index (χ1v) is 7.65. The van der Waals surface area contributed by atoms with Gasteiger partial charge in [0.2, 0.25) is 5.91 Å². The molecule has 1 amide bonds. The molecule has 1 heterocycles. The Morgan fingerprint density at radius 2 is 1.87 bits per heavy atom. The Balaban J connectivity index is 1.43. The molecule has 0 radical (unpaired) electrons. The number of nitrogens with zero attached hydrogens (tertiary/aromatic N) is 1. The lowest BCUT2D eigenvalue weighted by atomic mass is 10.1. The van der Waals surface area contributed by atoms with Crippen molar-refractivity contribution in [2.75, 3.05) is 6.54 Å². The summed E-state index contributed by atoms with van der Waals surface area (Å²) >= 11 is 0. The number of benzene rings is 2. The highest BCUT2D eigenvalue weighted by Crippen LogP contribution is 2.11. The van der Waals surface area contributed by atoms with Crippen LogP contribution in [-0.4, -0.2) is 22.4 Å². The number of carbonyl (C=O) groups is 1. The van der Waals surface area contributed by atoms with E-state index in [1.165, 1.54) is 12.1 Å². The summed E-state index contributed by atoms with van der Waals surface area (Å²) in [6.45, 7) is 0.546. The number of aromatic nitrogens is 2. The fourth-order valence-electron chi connectivity index (χ4n) is 2.44. The molecule has 0 fully saturated rings. The number of amides is 1. The van der Waals surface area contributed by atoms with Gasteiger partial charge < -0.3 is 10.3 Å². The van der Waals surface area contributed by atoms with E-state index in [1.54, 1.807) is 12.1 Å². The molecule has 3 aromatic rings.